The van der Waals surface area contributed by atoms with E-state index in [4.69, 9.17) is 4.74 Å². The molecular formula is C18H29N5O2. The maximum Gasteiger partial charge on any atom is 0.220 e. The Morgan fingerprint density at radius 3 is 2.88 bits per heavy atom. The number of aromatic nitrogens is 3. The zero-order valence-electron chi connectivity index (χ0n) is 14.8. The molecule has 2 heterocycles. The van der Waals surface area contributed by atoms with Gasteiger partial charge in [0.15, 0.2) is 0 Å². The molecule has 0 radical (unpaired) electrons. The second-order valence-corrected chi connectivity index (χ2v) is 7.90. The molecule has 3 fully saturated rings. The summed E-state index contributed by atoms with van der Waals surface area (Å²) in [5.74, 6) is 2.29. The summed E-state index contributed by atoms with van der Waals surface area (Å²) in [5.41, 5.74) is 0. The van der Waals surface area contributed by atoms with E-state index < -0.39 is 0 Å². The van der Waals surface area contributed by atoms with Crippen molar-refractivity contribution >= 4 is 5.91 Å². The van der Waals surface area contributed by atoms with Gasteiger partial charge < -0.3 is 15.4 Å². The molecule has 138 valence electrons. The Balaban J connectivity index is 1.26. The predicted molar refractivity (Wildman–Crippen MR) is 92.7 cm³/mol. The van der Waals surface area contributed by atoms with Crippen LogP contribution in [0.15, 0.2) is 12.7 Å². The molecule has 4 atom stereocenters. The quantitative estimate of drug-likeness (QED) is 0.732. The summed E-state index contributed by atoms with van der Waals surface area (Å²) >= 11 is 0. The first kappa shape index (κ1) is 17.0. The molecule has 0 unspecified atom stereocenters. The third-order valence-electron chi connectivity index (χ3n) is 5.87. The van der Waals surface area contributed by atoms with E-state index >= 15 is 0 Å². The van der Waals surface area contributed by atoms with Crippen LogP contribution >= 0.6 is 0 Å². The highest BCUT2D eigenvalue weighted by Crippen LogP contribution is 2.36. The number of nitrogens with one attached hydrogen (secondary N) is 2. The number of fused-ring (bicyclic) bond motifs is 1. The molecule has 4 rings (SSSR count). The van der Waals surface area contributed by atoms with E-state index in [-0.39, 0.29) is 18.1 Å². The van der Waals surface area contributed by atoms with Crippen molar-refractivity contribution in [2.45, 2.75) is 57.2 Å². The monoisotopic (exact) mass is 347 g/mol. The third kappa shape index (κ3) is 4.58. The van der Waals surface area contributed by atoms with Gasteiger partial charge in [-0.25, -0.2) is 4.98 Å². The van der Waals surface area contributed by atoms with Crippen molar-refractivity contribution in [3.05, 3.63) is 12.7 Å². The largest absolute Gasteiger partial charge is 0.376 e. The minimum absolute atomic E-state index is 0.134. The lowest BCUT2D eigenvalue weighted by molar-refractivity contribution is -0.124. The second kappa shape index (κ2) is 7.83. The second-order valence-electron chi connectivity index (χ2n) is 7.90. The summed E-state index contributed by atoms with van der Waals surface area (Å²) in [6.45, 7) is 3.79. The highest BCUT2D eigenvalue weighted by atomic mass is 16.5. The molecular weight excluding hydrogens is 318 g/mol. The van der Waals surface area contributed by atoms with E-state index in [0.717, 1.165) is 51.4 Å². The topological polar surface area (TPSA) is 81.1 Å². The van der Waals surface area contributed by atoms with Gasteiger partial charge in [0.25, 0.3) is 0 Å². The van der Waals surface area contributed by atoms with Crippen LogP contribution in [0.5, 0.6) is 0 Å². The average molecular weight is 347 g/mol. The van der Waals surface area contributed by atoms with E-state index in [1.54, 1.807) is 11.0 Å². The first-order chi connectivity index (χ1) is 12.3. The number of carbonyl (C=O) groups excluding carboxylic acids is 1. The Labute approximate surface area is 148 Å². The number of rotatable bonds is 8. The Morgan fingerprint density at radius 1 is 1.28 bits per heavy atom. The normalized spacial score (nSPS) is 31.7. The smallest absolute Gasteiger partial charge is 0.220 e. The number of ether oxygens (including phenoxy) is 1. The van der Waals surface area contributed by atoms with E-state index in [0.29, 0.717) is 18.3 Å². The number of hydrogen-bond donors (Lipinski definition) is 2. The van der Waals surface area contributed by atoms with Gasteiger partial charge in [-0.1, -0.05) is 0 Å². The molecule has 1 amide bonds. The Hall–Kier alpha value is -1.47. The lowest BCUT2D eigenvalue weighted by Gasteiger charge is -2.38. The minimum atomic E-state index is 0.134. The Bertz CT molecular complexity index is 560. The standard InChI is InChI=1S/C18H29N5O2/c24-18(2-1-5-23-12-20-11-21-23)22-16-6-14-8-19-9-15(14)7-17(16)25-10-13-3-4-13/h11-17,19H,1-10H2,(H,22,24)/t14-,15+,16-,17-/m0/s1. The number of aryl methyl sites for hydroxylation is 1. The van der Waals surface area contributed by atoms with Crippen LogP contribution in [0.1, 0.15) is 38.5 Å². The van der Waals surface area contributed by atoms with Crippen LogP contribution in [0.4, 0.5) is 0 Å². The van der Waals surface area contributed by atoms with Crippen LogP contribution in [0.25, 0.3) is 0 Å². The maximum atomic E-state index is 12.4. The van der Waals surface area contributed by atoms with Gasteiger partial charge in [-0.3, -0.25) is 9.48 Å². The van der Waals surface area contributed by atoms with Crippen molar-refractivity contribution in [1.29, 1.82) is 0 Å². The van der Waals surface area contributed by atoms with Gasteiger partial charge >= 0.3 is 0 Å². The summed E-state index contributed by atoms with van der Waals surface area (Å²) < 4.78 is 8.00. The van der Waals surface area contributed by atoms with Gasteiger partial charge in [0, 0.05) is 19.6 Å². The van der Waals surface area contributed by atoms with Gasteiger partial charge in [0.2, 0.25) is 5.91 Å². The van der Waals surface area contributed by atoms with Crippen molar-refractivity contribution in [3.63, 3.8) is 0 Å². The van der Waals surface area contributed by atoms with Crippen LogP contribution in [0.3, 0.4) is 0 Å². The zero-order chi connectivity index (χ0) is 17.1. The fourth-order valence-electron chi connectivity index (χ4n) is 4.19. The fraction of sp³-hybridized carbons (Fsp3) is 0.833. The van der Waals surface area contributed by atoms with E-state index in [1.165, 1.54) is 19.2 Å². The molecule has 1 aromatic heterocycles. The summed E-state index contributed by atoms with van der Waals surface area (Å²) in [6.07, 6.45) is 9.43. The molecule has 1 aliphatic heterocycles. The number of amides is 1. The highest BCUT2D eigenvalue weighted by molar-refractivity contribution is 5.76. The summed E-state index contributed by atoms with van der Waals surface area (Å²) in [5, 5.41) is 10.8. The van der Waals surface area contributed by atoms with Gasteiger partial charge in [-0.15, -0.1) is 0 Å². The SMILES string of the molecule is O=C(CCCn1cncn1)N[C@H]1C[C@H]2CNC[C@H]2C[C@@H]1OCC1CC1. The molecule has 0 aromatic carbocycles. The van der Waals surface area contributed by atoms with Gasteiger partial charge in [0.05, 0.1) is 12.1 Å². The molecule has 2 saturated carbocycles. The first-order valence-corrected chi connectivity index (χ1v) is 9.72. The number of nitrogens with zero attached hydrogens (tertiary/aromatic N) is 3. The van der Waals surface area contributed by atoms with E-state index in [1.807, 2.05) is 0 Å². The molecule has 2 N–H and O–H groups in total. The molecule has 2 aliphatic carbocycles. The van der Waals surface area contributed by atoms with E-state index in [2.05, 4.69) is 20.7 Å². The molecule has 3 aliphatic rings. The van der Waals surface area contributed by atoms with Crippen LogP contribution < -0.4 is 10.6 Å². The zero-order valence-corrected chi connectivity index (χ0v) is 14.8. The molecule has 25 heavy (non-hydrogen) atoms. The number of hydrogen-bond acceptors (Lipinski definition) is 5. The Morgan fingerprint density at radius 2 is 2.12 bits per heavy atom. The van der Waals surface area contributed by atoms with Gasteiger partial charge in [-0.05, 0) is 62.9 Å². The molecule has 0 spiro atoms. The molecule has 0 bridgehead atoms. The Kier molecular flexibility index (Phi) is 5.31. The van der Waals surface area contributed by atoms with Crippen molar-refractivity contribution in [2.24, 2.45) is 17.8 Å². The van der Waals surface area contributed by atoms with Gasteiger partial charge in [0.1, 0.15) is 12.7 Å². The number of carbonyl (C=O) groups is 1. The highest BCUT2D eigenvalue weighted by Gasteiger charge is 2.41. The minimum Gasteiger partial charge on any atom is -0.376 e. The van der Waals surface area contributed by atoms with Crippen molar-refractivity contribution in [3.8, 4) is 0 Å². The van der Waals surface area contributed by atoms with Gasteiger partial charge in [-0.2, -0.15) is 5.10 Å². The van der Waals surface area contributed by atoms with E-state index in [9.17, 15) is 4.79 Å². The predicted octanol–water partition coefficient (Wildman–Crippen LogP) is 0.968. The van der Waals surface area contributed by atoms with Crippen molar-refractivity contribution in [2.75, 3.05) is 19.7 Å². The van der Waals surface area contributed by atoms with Crippen LogP contribution in [0.2, 0.25) is 0 Å². The summed E-state index contributed by atoms with van der Waals surface area (Å²) in [4.78, 5) is 16.3. The lowest BCUT2D eigenvalue weighted by Crippen LogP contribution is -2.50. The lowest BCUT2D eigenvalue weighted by atomic mass is 9.77. The summed E-state index contributed by atoms with van der Waals surface area (Å²) in [7, 11) is 0. The summed E-state index contributed by atoms with van der Waals surface area (Å²) in [6, 6.07) is 0.166. The third-order valence-corrected chi connectivity index (χ3v) is 5.87. The fourth-order valence-corrected chi connectivity index (χ4v) is 4.19. The molecule has 7 heteroatoms. The van der Waals surface area contributed by atoms with Crippen molar-refractivity contribution in [1.82, 2.24) is 25.4 Å². The average Bonchev–Trinajstić information content (AvgIpc) is 3.07. The van der Waals surface area contributed by atoms with Crippen molar-refractivity contribution < 1.29 is 9.53 Å². The molecule has 1 aromatic rings. The molecule has 1 saturated heterocycles. The molecule has 7 nitrogen and oxygen atoms in total. The van der Waals surface area contributed by atoms with Crippen LogP contribution in [0, 0.1) is 17.8 Å². The maximum absolute atomic E-state index is 12.4. The first-order valence-electron chi connectivity index (χ1n) is 9.72. The van der Waals surface area contributed by atoms with Crippen LogP contribution in [-0.4, -0.2) is 52.5 Å². The van der Waals surface area contributed by atoms with Crippen LogP contribution in [-0.2, 0) is 16.1 Å².